The lowest BCUT2D eigenvalue weighted by Gasteiger charge is -2.07. The van der Waals surface area contributed by atoms with Crippen molar-refractivity contribution in [2.45, 2.75) is 13.3 Å². The van der Waals surface area contributed by atoms with Crippen LogP contribution in [0.5, 0.6) is 5.75 Å². The zero-order chi connectivity index (χ0) is 13.5. The molecule has 4 heteroatoms. The summed E-state index contributed by atoms with van der Waals surface area (Å²) in [5.41, 5.74) is 1.29. The van der Waals surface area contributed by atoms with E-state index in [2.05, 4.69) is 38.4 Å². The molecule has 0 fully saturated rings. The number of ether oxygens (including phenoxy) is 1. The molecule has 0 amide bonds. The van der Waals surface area contributed by atoms with E-state index in [9.17, 15) is 0 Å². The predicted molar refractivity (Wildman–Crippen MR) is 81.7 cm³/mol. The molecule has 0 aliphatic heterocycles. The molecule has 0 radical (unpaired) electrons. The Hall–Kier alpha value is -1.55. The van der Waals surface area contributed by atoms with Gasteiger partial charge in [-0.15, -0.1) is 0 Å². The largest absolute Gasteiger partial charge is 0.494 e. The molecular weight excluding hydrogens is 304 g/mol. The summed E-state index contributed by atoms with van der Waals surface area (Å²) in [6.07, 6.45) is 2.75. The van der Waals surface area contributed by atoms with Crippen LogP contribution >= 0.6 is 15.9 Å². The lowest BCUT2D eigenvalue weighted by molar-refractivity contribution is 0.340. The summed E-state index contributed by atoms with van der Waals surface area (Å²) in [6.45, 7) is 3.56. The molecule has 0 bridgehead atoms. The quantitative estimate of drug-likeness (QED) is 0.876. The number of halogens is 1. The Kier molecular flexibility index (Phi) is 5.21. The summed E-state index contributed by atoms with van der Waals surface area (Å²) in [7, 11) is 0. The summed E-state index contributed by atoms with van der Waals surface area (Å²) in [5.74, 6) is 1.82. The van der Waals surface area contributed by atoms with Gasteiger partial charge in [0.2, 0.25) is 0 Å². The molecule has 0 aliphatic rings. The van der Waals surface area contributed by atoms with Crippen LogP contribution in [0.4, 0.5) is 5.82 Å². The van der Waals surface area contributed by atoms with Crippen LogP contribution in [0.2, 0.25) is 0 Å². The number of hydrogen-bond donors (Lipinski definition) is 1. The van der Waals surface area contributed by atoms with Gasteiger partial charge in [-0.1, -0.05) is 12.1 Å². The van der Waals surface area contributed by atoms with E-state index < -0.39 is 0 Å². The molecule has 1 heterocycles. The highest BCUT2D eigenvalue weighted by atomic mass is 79.9. The van der Waals surface area contributed by atoms with Crippen LogP contribution in [0.15, 0.2) is 47.1 Å². The molecule has 2 aromatic rings. The second-order valence-corrected chi connectivity index (χ2v) is 5.03. The monoisotopic (exact) mass is 320 g/mol. The number of anilines is 1. The average Bonchev–Trinajstić information content (AvgIpc) is 2.43. The Morgan fingerprint density at radius 2 is 1.95 bits per heavy atom. The number of hydrogen-bond acceptors (Lipinski definition) is 3. The zero-order valence-electron chi connectivity index (χ0n) is 10.9. The van der Waals surface area contributed by atoms with Gasteiger partial charge in [-0.2, -0.15) is 0 Å². The highest BCUT2D eigenvalue weighted by Gasteiger charge is 1.97. The van der Waals surface area contributed by atoms with Crippen molar-refractivity contribution in [2.75, 3.05) is 18.5 Å². The van der Waals surface area contributed by atoms with Gasteiger partial charge in [0.1, 0.15) is 11.6 Å². The molecule has 3 nitrogen and oxygen atoms in total. The van der Waals surface area contributed by atoms with Gasteiger partial charge in [-0.3, -0.25) is 0 Å². The van der Waals surface area contributed by atoms with Crippen molar-refractivity contribution in [3.63, 3.8) is 0 Å². The van der Waals surface area contributed by atoms with Crippen molar-refractivity contribution in [1.82, 2.24) is 4.98 Å². The second kappa shape index (κ2) is 7.14. The molecule has 19 heavy (non-hydrogen) atoms. The van der Waals surface area contributed by atoms with Crippen LogP contribution in [0.1, 0.15) is 12.5 Å². The van der Waals surface area contributed by atoms with E-state index in [1.165, 1.54) is 5.56 Å². The fraction of sp³-hybridized carbons (Fsp3) is 0.267. The maximum absolute atomic E-state index is 5.42. The molecule has 2 rings (SSSR count). The SMILES string of the molecule is CCOc1ccc(CCNc2ccc(Br)cn2)cc1. The van der Waals surface area contributed by atoms with Crippen molar-refractivity contribution >= 4 is 21.7 Å². The molecule has 100 valence electrons. The van der Waals surface area contributed by atoms with Crippen LogP contribution in [0.3, 0.4) is 0 Å². The Morgan fingerprint density at radius 1 is 1.16 bits per heavy atom. The maximum atomic E-state index is 5.42. The maximum Gasteiger partial charge on any atom is 0.125 e. The summed E-state index contributed by atoms with van der Waals surface area (Å²) < 4.78 is 6.41. The van der Waals surface area contributed by atoms with Crippen LogP contribution in [0.25, 0.3) is 0 Å². The van der Waals surface area contributed by atoms with E-state index in [0.717, 1.165) is 29.0 Å². The number of pyridine rings is 1. The summed E-state index contributed by atoms with van der Waals surface area (Å²) in [4.78, 5) is 4.27. The van der Waals surface area contributed by atoms with Gasteiger partial charge in [0.05, 0.1) is 6.61 Å². The topological polar surface area (TPSA) is 34.1 Å². The minimum atomic E-state index is 0.705. The van der Waals surface area contributed by atoms with Crippen molar-refractivity contribution in [2.24, 2.45) is 0 Å². The molecule has 0 unspecified atom stereocenters. The van der Waals surface area contributed by atoms with Crippen molar-refractivity contribution in [1.29, 1.82) is 0 Å². The van der Waals surface area contributed by atoms with Crippen LogP contribution in [0, 0.1) is 0 Å². The molecule has 1 aromatic heterocycles. The Morgan fingerprint density at radius 3 is 2.58 bits per heavy atom. The number of nitrogens with zero attached hydrogens (tertiary/aromatic N) is 1. The molecule has 0 atom stereocenters. The number of aromatic nitrogens is 1. The zero-order valence-corrected chi connectivity index (χ0v) is 12.5. The van der Waals surface area contributed by atoms with E-state index >= 15 is 0 Å². The molecular formula is C15H17BrN2O. The first-order valence-electron chi connectivity index (χ1n) is 6.35. The van der Waals surface area contributed by atoms with E-state index in [1.807, 2.05) is 31.2 Å². The second-order valence-electron chi connectivity index (χ2n) is 4.12. The molecule has 0 spiro atoms. The van der Waals surface area contributed by atoms with E-state index in [1.54, 1.807) is 6.20 Å². The predicted octanol–water partition coefficient (Wildman–Crippen LogP) is 3.90. The minimum Gasteiger partial charge on any atom is -0.494 e. The average molecular weight is 321 g/mol. The van der Waals surface area contributed by atoms with Gasteiger partial charge in [0.25, 0.3) is 0 Å². The molecule has 0 aliphatic carbocycles. The highest BCUT2D eigenvalue weighted by molar-refractivity contribution is 9.10. The van der Waals surface area contributed by atoms with Crippen molar-refractivity contribution in [3.8, 4) is 5.75 Å². The van der Waals surface area contributed by atoms with Crippen LogP contribution in [-0.2, 0) is 6.42 Å². The molecule has 1 aromatic carbocycles. The standard InChI is InChI=1S/C15H17BrN2O/c1-2-19-14-6-3-12(4-7-14)9-10-17-15-8-5-13(16)11-18-15/h3-8,11H,2,9-10H2,1H3,(H,17,18). The lowest BCUT2D eigenvalue weighted by atomic mass is 10.1. The summed E-state index contributed by atoms with van der Waals surface area (Å²) in [5, 5.41) is 3.30. The van der Waals surface area contributed by atoms with E-state index in [0.29, 0.717) is 6.61 Å². The third kappa shape index (κ3) is 4.56. The van der Waals surface area contributed by atoms with Crippen LogP contribution in [-0.4, -0.2) is 18.1 Å². The highest BCUT2D eigenvalue weighted by Crippen LogP contribution is 2.13. The van der Waals surface area contributed by atoms with Crippen molar-refractivity contribution < 1.29 is 4.74 Å². The van der Waals surface area contributed by atoms with E-state index in [4.69, 9.17) is 4.74 Å². The summed E-state index contributed by atoms with van der Waals surface area (Å²) in [6, 6.07) is 12.2. The van der Waals surface area contributed by atoms with Gasteiger partial charge in [-0.05, 0) is 59.1 Å². The Bertz CT molecular complexity index is 497. The lowest BCUT2D eigenvalue weighted by Crippen LogP contribution is -2.06. The number of rotatable bonds is 6. The number of benzene rings is 1. The van der Waals surface area contributed by atoms with Crippen molar-refractivity contribution in [3.05, 3.63) is 52.6 Å². The van der Waals surface area contributed by atoms with Gasteiger partial charge in [0, 0.05) is 17.2 Å². The normalized spacial score (nSPS) is 10.2. The first kappa shape index (κ1) is 13.9. The third-order valence-electron chi connectivity index (χ3n) is 2.68. The Labute approximate surface area is 122 Å². The third-order valence-corrected chi connectivity index (χ3v) is 3.15. The Balaban J connectivity index is 1.80. The minimum absolute atomic E-state index is 0.705. The van der Waals surface area contributed by atoms with Gasteiger partial charge < -0.3 is 10.1 Å². The molecule has 0 saturated heterocycles. The van der Waals surface area contributed by atoms with Gasteiger partial charge in [0.15, 0.2) is 0 Å². The van der Waals surface area contributed by atoms with Crippen LogP contribution < -0.4 is 10.1 Å². The smallest absolute Gasteiger partial charge is 0.125 e. The van der Waals surface area contributed by atoms with E-state index in [-0.39, 0.29) is 0 Å². The first-order valence-corrected chi connectivity index (χ1v) is 7.14. The first-order chi connectivity index (χ1) is 9.28. The fourth-order valence-corrected chi connectivity index (χ4v) is 1.97. The summed E-state index contributed by atoms with van der Waals surface area (Å²) >= 11 is 3.37. The number of nitrogens with one attached hydrogen (secondary N) is 1. The molecule has 0 saturated carbocycles. The van der Waals surface area contributed by atoms with Gasteiger partial charge in [-0.25, -0.2) is 4.98 Å². The van der Waals surface area contributed by atoms with Gasteiger partial charge >= 0.3 is 0 Å². The fourth-order valence-electron chi connectivity index (χ4n) is 1.73. The molecule has 1 N–H and O–H groups in total.